The van der Waals surface area contributed by atoms with Gasteiger partial charge in [0.2, 0.25) is 0 Å². The summed E-state index contributed by atoms with van der Waals surface area (Å²) in [6.07, 6.45) is -18.3. The van der Waals surface area contributed by atoms with E-state index in [4.69, 9.17) is 155 Å². The first kappa shape index (κ1) is 70.4. The van der Waals surface area contributed by atoms with Gasteiger partial charge in [0.25, 0.3) is 0 Å². The first-order valence-electron chi connectivity index (χ1n) is 7.54. The van der Waals surface area contributed by atoms with Gasteiger partial charge in [-0.25, -0.2) is 47.9 Å². The minimum atomic E-state index is -1.83. The molecule has 31 heteroatoms. The van der Waals surface area contributed by atoms with Gasteiger partial charge >= 0.3 is 61.6 Å². The minimum absolute atomic E-state index is 0.250. The lowest BCUT2D eigenvalue weighted by molar-refractivity contribution is 0.135. The molecule has 0 aliphatic heterocycles. The molecule has 21 N–H and O–H groups in total. The van der Waals surface area contributed by atoms with E-state index in [1.807, 2.05) is 0 Å². The lowest BCUT2D eigenvalue weighted by atomic mass is 10.9. The molecule has 0 spiro atoms. The highest BCUT2D eigenvalue weighted by Crippen LogP contribution is 1.46. The standard InChI is InChI=1S/C2H6O.10CH2O3/c1-2-3;10*2-1(3)4/h3H,2H2,1H3;10*(H2,2,3,4). The summed E-state index contributed by atoms with van der Waals surface area (Å²) in [5.41, 5.74) is 0. The molecule has 0 aliphatic rings. The van der Waals surface area contributed by atoms with Gasteiger partial charge in [-0.1, -0.05) is 0 Å². The van der Waals surface area contributed by atoms with Crippen LogP contribution in [0.1, 0.15) is 6.92 Å². The Morgan fingerprint density at radius 2 is 0.256 bits per heavy atom. The van der Waals surface area contributed by atoms with Crippen molar-refractivity contribution in [3.05, 3.63) is 0 Å². The fourth-order valence-corrected chi connectivity index (χ4v) is 0. The van der Waals surface area contributed by atoms with E-state index in [1.54, 1.807) is 6.92 Å². The third-order valence-electron chi connectivity index (χ3n) is 0. The SMILES string of the molecule is CCO.O=C(O)O.O=C(O)O.O=C(O)O.O=C(O)O.O=C(O)O.O=C(O)O.O=C(O)O.O=C(O)O.O=C(O)O.O=C(O)O. The molecular formula is C12H26O31. The first-order chi connectivity index (χ1) is 18.7. The maximum absolute atomic E-state index is 8.56. The summed E-state index contributed by atoms with van der Waals surface area (Å²) in [6.45, 7) is 1.93. The van der Waals surface area contributed by atoms with Crippen LogP contribution in [0.4, 0.5) is 47.9 Å². The average molecular weight is 666 g/mol. The Balaban J connectivity index is -0.0000000291. The summed E-state index contributed by atoms with van der Waals surface area (Å²) < 4.78 is 0. The third kappa shape index (κ3) is 686. The molecule has 260 valence electrons. The summed E-state index contributed by atoms with van der Waals surface area (Å²) in [4.78, 5) is 85.6. The summed E-state index contributed by atoms with van der Waals surface area (Å²) in [5, 5.41) is 147. The van der Waals surface area contributed by atoms with Crippen molar-refractivity contribution in [2.24, 2.45) is 0 Å². The Kier molecular flexibility index (Phi) is 115. The van der Waals surface area contributed by atoms with E-state index in [9.17, 15) is 0 Å². The second-order valence-corrected chi connectivity index (χ2v) is 3.14. The fourth-order valence-electron chi connectivity index (χ4n) is 0. The van der Waals surface area contributed by atoms with Gasteiger partial charge in [-0.05, 0) is 6.92 Å². The van der Waals surface area contributed by atoms with E-state index in [-0.39, 0.29) is 6.61 Å². The van der Waals surface area contributed by atoms with Crippen LogP contribution in [0.25, 0.3) is 0 Å². The molecular weight excluding hydrogens is 640 g/mol. The highest BCUT2D eigenvalue weighted by atomic mass is 16.6. The van der Waals surface area contributed by atoms with Crippen LogP contribution in [0.3, 0.4) is 0 Å². The number of aliphatic hydroxyl groups is 1. The van der Waals surface area contributed by atoms with Crippen LogP contribution < -0.4 is 0 Å². The van der Waals surface area contributed by atoms with Crippen LogP contribution in [0.5, 0.6) is 0 Å². The van der Waals surface area contributed by atoms with E-state index in [0.29, 0.717) is 0 Å². The quantitative estimate of drug-likeness (QED) is 0.176. The normalized spacial score (nSPS) is 6.00. The van der Waals surface area contributed by atoms with Crippen molar-refractivity contribution in [2.45, 2.75) is 6.92 Å². The molecule has 43 heavy (non-hydrogen) atoms. The van der Waals surface area contributed by atoms with Crippen LogP contribution >= 0.6 is 0 Å². The molecule has 0 saturated heterocycles. The van der Waals surface area contributed by atoms with Gasteiger partial charge in [0.15, 0.2) is 0 Å². The van der Waals surface area contributed by atoms with Crippen LogP contribution in [0.15, 0.2) is 0 Å². The van der Waals surface area contributed by atoms with Crippen molar-refractivity contribution in [3.8, 4) is 0 Å². The zero-order valence-electron chi connectivity index (χ0n) is 20.2. The molecule has 0 heterocycles. The molecule has 0 aromatic heterocycles. The van der Waals surface area contributed by atoms with Crippen molar-refractivity contribution in [3.63, 3.8) is 0 Å². The fraction of sp³-hybridized carbons (Fsp3) is 0.167. The number of rotatable bonds is 0. The predicted molar refractivity (Wildman–Crippen MR) is 119 cm³/mol. The Morgan fingerprint density at radius 1 is 0.256 bits per heavy atom. The van der Waals surface area contributed by atoms with Crippen LogP contribution in [-0.4, -0.2) is 175 Å². The molecule has 0 bridgehead atoms. The monoisotopic (exact) mass is 666 g/mol. The highest BCUT2D eigenvalue weighted by Gasteiger charge is 1.73. The molecule has 0 rings (SSSR count). The molecule has 0 aromatic carbocycles. The van der Waals surface area contributed by atoms with Crippen LogP contribution in [0, 0.1) is 0 Å². The van der Waals surface area contributed by atoms with Crippen LogP contribution in [0.2, 0.25) is 0 Å². The van der Waals surface area contributed by atoms with Crippen molar-refractivity contribution >= 4 is 61.6 Å². The molecule has 0 amide bonds. The smallest absolute Gasteiger partial charge is 0.450 e. The number of hydrogen-bond donors (Lipinski definition) is 21. The van der Waals surface area contributed by atoms with Gasteiger partial charge in [-0.15, -0.1) is 0 Å². The van der Waals surface area contributed by atoms with Crippen LogP contribution in [-0.2, 0) is 0 Å². The Hall–Kier alpha value is -7.34. The largest absolute Gasteiger partial charge is 0.503 e. The molecule has 0 saturated carbocycles. The van der Waals surface area contributed by atoms with Crippen molar-refractivity contribution in [2.75, 3.05) is 6.61 Å². The third-order valence-corrected chi connectivity index (χ3v) is 0. The molecule has 0 unspecified atom stereocenters. The van der Waals surface area contributed by atoms with E-state index in [2.05, 4.69) is 0 Å². The summed E-state index contributed by atoms with van der Waals surface area (Å²) in [5.74, 6) is 0. The van der Waals surface area contributed by atoms with Gasteiger partial charge in [-0.2, -0.15) is 0 Å². The zero-order valence-corrected chi connectivity index (χ0v) is 20.2. The average Bonchev–Trinajstić information content (AvgIpc) is 2.56. The van der Waals surface area contributed by atoms with E-state index < -0.39 is 61.6 Å². The van der Waals surface area contributed by atoms with Gasteiger partial charge < -0.3 is 107 Å². The lowest BCUT2D eigenvalue weighted by Gasteiger charge is -1.60. The number of carboxylic acid groups (broad SMARTS) is 20. The number of hydrogen-bond acceptors (Lipinski definition) is 11. The minimum Gasteiger partial charge on any atom is -0.450 e. The number of aliphatic hydroxyl groups excluding tert-OH is 1. The van der Waals surface area contributed by atoms with Crippen molar-refractivity contribution in [1.82, 2.24) is 0 Å². The van der Waals surface area contributed by atoms with Crippen molar-refractivity contribution in [1.29, 1.82) is 0 Å². The van der Waals surface area contributed by atoms with E-state index in [1.165, 1.54) is 0 Å². The topological polar surface area (TPSA) is 596 Å². The van der Waals surface area contributed by atoms with Crippen molar-refractivity contribution < 1.29 is 155 Å². The molecule has 0 aliphatic carbocycles. The van der Waals surface area contributed by atoms with Gasteiger partial charge in [-0.3, -0.25) is 0 Å². The van der Waals surface area contributed by atoms with E-state index >= 15 is 0 Å². The van der Waals surface area contributed by atoms with Gasteiger partial charge in [0, 0.05) is 6.61 Å². The maximum atomic E-state index is 8.56. The lowest BCUT2D eigenvalue weighted by Crippen LogP contribution is -1.81. The Morgan fingerprint density at radius 3 is 0.256 bits per heavy atom. The predicted octanol–water partition coefficient (Wildman–Crippen LogP) is 2.22. The first-order valence-corrected chi connectivity index (χ1v) is 7.54. The van der Waals surface area contributed by atoms with Gasteiger partial charge in [0.1, 0.15) is 0 Å². The molecule has 0 radical (unpaired) electrons. The Bertz CT molecular complexity index is 481. The molecule has 0 atom stereocenters. The second kappa shape index (κ2) is 70.1. The van der Waals surface area contributed by atoms with Gasteiger partial charge in [0.05, 0.1) is 0 Å². The summed E-state index contributed by atoms with van der Waals surface area (Å²) >= 11 is 0. The summed E-state index contributed by atoms with van der Waals surface area (Å²) in [6, 6.07) is 0. The molecule has 0 fully saturated rings. The zero-order chi connectivity index (χ0) is 38.5. The number of carbonyl (C=O) groups is 10. The maximum Gasteiger partial charge on any atom is 0.503 e. The highest BCUT2D eigenvalue weighted by molar-refractivity contribution is 5.55. The Labute approximate surface area is 231 Å². The summed E-state index contributed by atoms with van der Waals surface area (Å²) in [7, 11) is 0. The van der Waals surface area contributed by atoms with E-state index in [0.717, 1.165) is 0 Å². The molecule has 0 aromatic rings. The molecule has 31 nitrogen and oxygen atoms in total. The second-order valence-electron chi connectivity index (χ2n) is 3.14.